The molecule has 2 N–H and O–H groups in total. The molecule has 3 aromatic rings. The second-order valence-corrected chi connectivity index (χ2v) is 5.41. The number of aromatic nitrogens is 4. The van der Waals surface area contributed by atoms with E-state index >= 15 is 0 Å². The number of methoxy groups -OCH3 is 1. The van der Waals surface area contributed by atoms with Crippen LogP contribution in [0.15, 0.2) is 48.8 Å². The van der Waals surface area contributed by atoms with Gasteiger partial charge < -0.3 is 10.1 Å². The Hall–Kier alpha value is -2.93. The van der Waals surface area contributed by atoms with Crippen LogP contribution in [0, 0.1) is 0 Å². The Kier molecular flexibility index (Phi) is 4.72. The Morgan fingerprint density at radius 2 is 2.04 bits per heavy atom. The first-order valence-electron chi connectivity index (χ1n) is 7.56. The van der Waals surface area contributed by atoms with Crippen LogP contribution in [0.2, 0.25) is 0 Å². The largest absolute Gasteiger partial charge is 0.382 e. The van der Waals surface area contributed by atoms with E-state index in [0.717, 1.165) is 17.0 Å². The summed E-state index contributed by atoms with van der Waals surface area (Å²) in [4.78, 5) is 12.5. The van der Waals surface area contributed by atoms with Crippen molar-refractivity contribution in [3.63, 3.8) is 0 Å². The minimum Gasteiger partial charge on any atom is -0.382 e. The monoisotopic (exact) mass is 325 g/mol. The number of benzene rings is 1. The van der Waals surface area contributed by atoms with Crippen LogP contribution < -0.4 is 5.32 Å². The molecule has 7 heteroatoms. The minimum atomic E-state index is -0.262. The molecule has 2 aromatic heterocycles. The Bertz CT molecular complexity index is 793. The number of aromatic amines is 1. The number of ether oxygens (including phenoxy) is 1. The van der Waals surface area contributed by atoms with Gasteiger partial charge in [-0.25, -0.2) is 0 Å². The summed E-state index contributed by atoms with van der Waals surface area (Å²) in [5.41, 5.74) is 3.36. The smallest absolute Gasteiger partial charge is 0.251 e. The van der Waals surface area contributed by atoms with Crippen LogP contribution in [0.3, 0.4) is 0 Å². The lowest BCUT2D eigenvalue weighted by Crippen LogP contribution is -2.32. The molecule has 3 rings (SSSR count). The standard InChI is InChI=1S/C17H19N5O2/c1-22-16(8-10-19-22)15(11-24-2)20-17(23)13-5-3-12(4-6-13)14-7-9-18-21-14/h3-10,15H,11H2,1-2H3,(H,18,21)(H,20,23)/t15-/m0/s1. The summed E-state index contributed by atoms with van der Waals surface area (Å²) in [6, 6.07) is 10.8. The molecule has 0 radical (unpaired) electrons. The Labute approximate surface area is 139 Å². The van der Waals surface area contributed by atoms with E-state index in [4.69, 9.17) is 4.74 Å². The lowest BCUT2D eigenvalue weighted by atomic mass is 10.1. The van der Waals surface area contributed by atoms with Gasteiger partial charge in [-0.2, -0.15) is 10.2 Å². The molecular weight excluding hydrogens is 306 g/mol. The van der Waals surface area contributed by atoms with Crippen LogP contribution in [0.4, 0.5) is 0 Å². The summed E-state index contributed by atoms with van der Waals surface area (Å²) in [7, 11) is 3.44. The Morgan fingerprint density at radius 1 is 1.25 bits per heavy atom. The van der Waals surface area contributed by atoms with Crippen LogP contribution in [0.1, 0.15) is 22.1 Å². The van der Waals surface area contributed by atoms with Crippen molar-refractivity contribution >= 4 is 5.91 Å². The van der Waals surface area contributed by atoms with E-state index in [1.807, 2.05) is 31.3 Å². The molecule has 1 aromatic carbocycles. The highest BCUT2D eigenvalue weighted by molar-refractivity contribution is 5.94. The number of hydrogen-bond donors (Lipinski definition) is 2. The molecule has 1 amide bonds. The number of H-pyrrole nitrogens is 1. The third-order valence-corrected chi connectivity index (χ3v) is 3.81. The first kappa shape index (κ1) is 15.9. The molecule has 0 spiro atoms. The van der Waals surface area contributed by atoms with Gasteiger partial charge in [-0.3, -0.25) is 14.6 Å². The van der Waals surface area contributed by atoms with Gasteiger partial charge in [0, 0.05) is 32.1 Å². The topological polar surface area (TPSA) is 84.8 Å². The molecule has 0 aliphatic carbocycles. The minimum absolute atomic E-state index is 0.158. The number of amides is 1. The van der Waals surface area contributed by atoms with Crippen LogP contribution >= 0.6 is 0 Å². The molecule has 0 aliphatic rings. The van der Waals surface area contributed by atoms with Crippen LogP contribution in [-0.2, 0) is 11.8 Å². The van der Waals surface area contributed by atoms with Crippen molar-refractivity contribution in [1.82, 2.24) is 25.3 Å². The second-order valence-electron chi connectivity index (χ2n) is 5.41. The van der Waals surface area contributed by atoms with E-state index in [9.17, 15) is 4.79 Å². The number of nitrogens with zero attached hydrogens (tertiary/aromatic N) is 3. The summed E-state index contributed by atoms with van der Waals surface area (Å²) in [6.07, 6.45) is 3.39. The summed E-state index contributed by atoms with van der Waals surface area (Å²) >= 11 is 0. The summed E-state index contributed by atoms with van der Waals surface area (Å²) in [5.74, 6) is -0.158. The van der Waals surface area contributed by atoms with Crippen molar-refractivity contribution in [2.45, 2.75) is 6.04 Å². The zero-order valence-corrected chi connectivity index (χ0v) is 13.6. The van der Waals surface area contributed by atoms with Gasteiger partial charge in [-0.05, 0) is 29.8 Å². The maximum absolute atomic E-state index is 12.5. The normalized spacial score (nSPS) is 12.1. The SMILES string of the molecule is COC[C@H](NC(=O)c1ccc(-c2ccn[nH]2)cc1)c1ccnn1C. The summed E-state index contributed by atoms with van der Waals surface area (Å²) in [6.45, 7) is 0.373. The molecule has 124 valence electrons. The van der Waals surface area contributed by atoms with Gasteiger partial charge in [0.15, 0.2) is 0 Å². The fourth-order valence-electron chi connectivity index (χ4n) is 2.55. The molecule has 0 saturated carbocycles. The highest BCUT2D eigenvalue weighted by Crippen LogP contribution is 2.18. The van der Waals surface area contributed by atoms with Gasteiger partial charge in [0.2, 0.25) is 0 Å². The van der Waals surface area contributed by atoms with E-state index in [1.54, 1.807) is 36.3 Å². The van der Waals surface area contributed by atoms with Crippen molar-refractivity contribution < 1.29 is 9.53 Å². The van der Waals surface area contributed by atoms with Crippen LogP contribution in [-0.4, -0.2) is 39.6 Å². The van der Waals surface area contributed by atoms with Crippen molar-refractivity contribution in [1.29, 1.82) is 0 Å². The van der Waals surface area contributed by atoms with Crippen LogP contribution in [0.25, 0.3) is 11.3 Å². The lowest BCUT2D eigenvalue weighted by Gasteiger charge is -2.18. The maximum Gasteiger partial charge on any atom is 0.251 e. The fraction of sp³-hybridized carbons (Fsp3) is 0.235. The molecule has 0 saturated heterocycles. The molecular formula is C17H19N5O2. The van der Waals surface area contributed by atoms with Gasteiger partial charge >= 0.3 is 0 Å². The van der Waals surface area contributed by atoms with Gasteiger partial charge in [0.25, 0.3) is 5.91 Å². The number of carbonyl (C=O) groups is 1. The van der Waals surface area contributed by atoms with Crippen molar-refractivity contribution in [2.75, 3.05) is 13.7 Å². The van der Waals surface area contributed by atoms with E-state index in [1.165, 1.54) is 0 Å². The van der Waals surface area contributed by atoms with E-state index in [-0.39, 0.29) is 11.9 Å². The maximum atomic E-state index is 12.5. The Balaban J connectivity index is 1.74. The molecule has 0 unspecified atom stereocenters. The first-order chi connectivity index (χ1) is 11.7. The zero-order valence-electron chi connectivity index (χ0n) is 13.6. The van der Waals surface area contributed by atoms with Crippen LogP contribution in [0.5, 0.6) is 0 Å². The Morgan fingerprint density at radius 3 is 2.62 bits per heavy atom. The third-order valence-electron chi connectivity index (χ3n) is 3.81. The molecule has 0 aliphatic heterocycles. The fourth-order valence-corrected chi connectivity index (χ4v) is 2.55. The van der Waals surface area contributed by atoms with E-state index in [0.29, 0.717) is 12.2 Å². The van der Waals surface area contributed by atoms with Gasteiger partial charge in [-0.1, -0.05) is 12.1 Å². The molecule has 2 heterocycles. The number of hydrogen-bond acceptors (Lipinski definition) is 4. The highest BCUT2D eigenvalue weighted by Gasteiger charge is 2.18. The van der Waals surface area contributed by atoms with Crippen molar-refractivity contribution in [3.8, 4) is 11.3 Å². The third kappa shape index (κ3) is 3.36. The lowest BCUT2D eigenvalue weighted by molar-refractivity contribution is 0.0892. The average molecular weight is 325 g/mol. The van der Waals surface area contributed by atoms with E-state index < -0.39 is 0 Å². The number of carbonyl (C=O) groups excluding carboxylic acids is 1. The quantitative estimate of drug-likeness (QED) is 0.725. The van der Waals surface area contributed by atoms with Gasteiger partial charge in [0.05, 0.1) is 24.0 Å². The number of nitrogens with one attached hydrogen (secondary N) is 2. The predicted octanol–water partition coefficient (Wildman–Crippen LogP) is 1.93. The summed E-state index contributed by atoms with van der Waals surface area (Å²) in [5, 5.41) is 14.0. The van der Waals surface area contributed by atoms with Gasteiger partial charge in [0.1, 0.15) is 0 Å². The number of rotatable bonds is 6. The van der Waals surface area contributed by atoms with Crippen molar-refractivity contribution in [2.24, 2.45) is 7.05 Å². The molecule has 1 atom stereocenters. The predicted molar refractivity (Wildman–Crippen MR) is 89.3 cm³/mol. The van der Waals surface area contributed by atoms with Crippen molar-refractivity contribution in [3.05, 3.63) is 60.0 Å². The first-order valence-corrected chi connectivity index (χ1v) is 7.56. The molecule has 0 fully saturated rings. The number of aryl methyl sites for hydroxylation is 1. The highest BCUT2D eigenvalue weighted by atomic mass is 16.5. The van der Waals surface area contributed by atoms with E-state index in [2.05, 4.69) is 20.6 Å². The summed E-state index contributed by atoms with van der Waals surface area (Å²) < 4.78 is 6.95. The molecule has 24 heavy (non-hydrogen) atoms. The van der Waals surface area contributed by atoms with Gasteiger partial charge in [-0.15, -0.1) is 0 Å². The molecule has 7 nitrogen and oxygen atoms in total. The molecule has 0 bridgehead atoms. The zero-order chi connectivity index (χ0) is 16.9. The second kappa shape index (κ2) is 7.10. The average Bonchev–Trinajstić information content (AvgIpc) is 3.26.